The number of hydrogen-bond donors (Lipinski definition) is 2. The van der Waals surface area contributed by atoms with Crippen LogP contribution >= 0.6 is 11.6 Å². The molecule has 0 unspecified atom stereocenters. The van der Waals surface area contributed by atoms with E-state index in [2.05, 4.69) is 5.32 Å². The lowest BCUT2D eigenvalue weighted by atomic mass is 9.89. The second kappa shape index (κ2) is 8.69. The molecular weight excluding hydrogens is 500 g/mol. The van der Waals surface area contributed by atoms with Crippen molar-refractivity contribution in [1.82, 2.24) is 10.2 Å². The van der Waals surface area contributed by atoms with E-state index in [0.29, 0.717) is 6.42 Å². The fourth-order valence-electron chi connectivity index (χ4n) is 4.83. The minimum atomic E-state index is -4.02. The number of fused-ring (bicyclic) bond motifs is 1. The predicted molar refractivity (Wildman–Crippen MR) is 124 cm³/mol. The summed E-state index contributed by atoms with van der Waals surface area (Å²) in [6, 6.07) is 5.28. The summed E-state index contributed by atoms with van der Waals surface area (Å²) < 4.78 is 52.2. The van der Waals surface area contributed by atoms with Crippen molar-refractivity contribution in [2.75, 3.05) is 0 Å². The minimum Gasteiger partial charge on any atom is -0.347 e. The zero-order chi connectivity index (χ0) is 25.1. The number of amides is 2. The van der Waals surface area contributed by atoms with Gasteiger partial charge in [-0.2, -0.15) is 0 Å². The molecule has 2 fully saturated rings. The van der Waals surface area contributed by atoms with Gasteiger partial charge in [-0.25, -0.2) is 22.3 Å². The van der Waals surface area contributed by atoms with Crippen molar-refractivity contribution < 1.29 is 26.8 Å². The van der Waals surface area contributed by atoms with E-state index in [0.717, 1.165) is 25.0 Å². The van der Waals surface area contributed by atoms with Crippen molar-refractivity contribution in [2.45, 2.75) is 42.3 Å². The summed E-state index contributed by atoms with van der Waals surface area (Å²) in [6.45, 7) is 0. The minimum absolute atomic E-state index is 0.0144. The molecule has 4 atom stereocenters. The molecule has 184 valence electrons. The van der Waals surface area contributed by atoms with Gasteiger partial charge in [0.2, 0.25) is 15.9 Å². The first kappa shape index (κ1) is 23.9. The number of nitrogens with zero attached hydrogens (tertiary/aromatic N) is 1. The van der Waals surface area contributed by atoms with Crippen LogP contribution in [0.5, 0.6) is 0 Å². The molecule has 2 amide bonds. The number of halogens is 3. The third-order valence-corrected chi connectivity index (χ3v) is 8.06. The van der Waals surface area contributed by atoms with E-state index in [4.69, 9.17) is 16.7 Å². The number of primary sulfonamides is 1. The summed E-state index contributed by atoms with van der Waals surface area (Å²) in [5, 5.41) is 7.69. The first-order chi connectivity index (χ1) is 16.5. The van der Waals surface area contributed by atoms with Gasteiger partial charge in [-0.15, -0.1) is 0 Å². The quantitative estimate of drug-likeness (QED) is 0.449. The lowest BCUT2D eigenvalue weighted by Gasteiger charge is -2.33. The molecule has 0 aromatic heterocycles. The number of sulfonamides is 1. The van der Waals surface area contributed by atoms with Crippen LogP contribution in [0.3, 0.4) is 0 Å². The second-order valence-corrected chi connectivity index (χ2v) is 11.2. The fraction of sp³-hybridized carbons (Fsp3) is 0.333. The van der Waals surface area contributed by atoms with E-state index < -0.39 is 45.6 Å². The van der Waals surface area contributed by atoms with Crippen LogP contribution in [0.25, 0.3) is 0 Å². The Morgan fingerprint density at radius 3 is 2.49 bits per heavy atom. The Labute approximate surface area is 206 Å². The van der Waals surface area contributed by atoms with Crippen LogP contribution in [0, 0.1) is 23.5 Å². The molecule has 1 heterocycles. The molecule has 2 aromatic rings. The van der Waals surface area contributed by atoms with Gasteiger partial charge in [-0.05, 0) is 55.5 Å². The zero-order valence-corrected chi connectivity index (χ0v) is 19.9. The molecule has 0 spiro atoms. The molecule has 0 bridgehead atoms. The van der Waals surface area contributed by atoms with Gasteiger partial charge in [0.15, 0.2) is 0 Å². The SMILES string of the molecule is NS(=O)(=O)c1cccc(C(=O)N2[C@@H](C(=O)N[C@@H](c3cc(F)c(Cl)cc3F)C3CC3)C[C@H]3C=C[C@H]32)c1. The van der Waals surface area contributed by atoms with Crippen molar-refractivity contribution in [2.24, 2.45) is 17.0 Å². The summed E-state index contributed by atoms with van der Waals surface area (Å²) in [5.74, 6) is -2.57. The van der Waals surface area contributed by atoms with Crippen LogP contribution in [-0.2, 0) is 14.8 Å². The molecule has 0 radical (unpaired) electrons. The van der Waals surface area contributed by atoms with Crippen LogP contribution in [0.1, 0.15) is 41.2 Å². The normalized spacial score (nSPS) is 24.0. The lowest BCUT2D eigenvalue weighted by Crippen LogP contribution is -2.50. The average Bonchev–Trinajstić information content (AvgIpc) is 3.59. The van der Waals surface area contributed by atoms with Crippen LogP contribution < -0.4 is 10.5 Å². The van der Waals surface area contributed by atoms with Gasteiger partial charge in [-0.1, -0.05) is 29.8 Å². The van der Waals surface area contributed by atoms with Crippen LogP contribution in [0.15, 0.2) is 53.4 Å². The molecule has 35 heavy (non-hydrogen) atoms. The van der Waals surface area contributed by atoms with E-state index in [1.807, 2.05) is 12.2 Å². The van der Waals surface area contributed by atoms with Crippen molar-refractivity contribution in [3.05, 3.63) is 76.3 Å². The third kappa shape index (κ3) is 4.46. The van der Waals surface area contributed by atoms with Gasteiger partial charge in [0.05, 0.1) is 22.0 Å². The third-order valence-electron chi connectivity index (χ3n) is 6.86. The van der Waals surface area contributed by atoms with Crippen molar-refractivity contribution in [3.63, 3.8) is 0 Å². The van der Waals surface area contributed by atoms with Gasteiger partial charge < -0.3 is 10.2 Å². The molecule has 5 rings (SSSR count). The maximum atomic E-state index is 14.7. The highest BCUT2D eigenvalue weighted by atomic mass is 35.5. The molecule has 1 aliphatic heterocycles. The van der Waals surface area contributed by atoms with Crippen LogP contribution in [0.2, 0.25) is 5.02 Å². The highest BCUT2D eigenvalue weighted by molar-refractivity contribution is 7.89. The van der Waals surface area contributed by atoms with Gasteiger partial charge in [0, 0.05) is 17.0 Å². The molecule has 3 aliphatic rings. The predicted octanol–water partition coefficient (Wildman–Crippen LogP) is 3.30. The Morgan fingerprint density at radius 1 is 1.11 bits per heavy atom. The first-order valence-corrected chi connectivity index (χ1v) is 13.1. The Hall–Kier alpha value is -2.82. The molecule has 11 heteroatoms. The van der Waals surface area contributed by atoms with E-state index in [9.17, 15) is 26.8 Å². The summed E-state index contributed by atoms with van der Waals surface area (Å²) >= 11 is 5.69. The molecule has 2 aliphatic carbocycles. The number of carbonyl (C=O) groups excluding carboxylic acids is 2. The first-order valence-electron chi connectivity index (χ1n) is 11.1. The molecule has 3 N–H and O–H groups in total. The van der Waals surface area contributed by atoms with E-state index >= 15 is 0 Å². The fourth-order valence-corrected chi connectivity index (χ4v) is 5.54. The average molecular weight is 522 g/mol. The molecule has 2 aromatic carbocycles. The summed E-state index contributed by atoms with van der Waals surface area (Å²) in [4.78, 5) is 28.1. The number of benzene rings is 2. The van der Waals surface area contributed by atoms with Crippen molar-refractivity contribution in [1.29, 1.82) is 0 Å². The lowest BCUT2D eigenvalue weighted by molar-refractivity contribution is -0.126. The zero-order valence-electron chi connectivity index (χ0n) is 18.3. The van der Waals surface area contributed by atoms with Crippen molar-refractivity contribution >= 4 is 33.4 Å². The van der Waals surface area contributed by atoms with E-state index in [1.54, 1.807) is 0 Å². The number of nitrogens with two attached hydrogens (primary N) is 1. The molecule has 1 saturated heterocycles. The Kier molecular flexibility index (Phi) is 5.93. The van der Waals surface area contributed by atoms with Gasteiger partial charge in [0.25, 0.3) is 5.91 Å². The molecule has 7 nitrogen and oxygen atoms in total. The van der Waals surface area contributed by atoms with Gasteiger partial charge >= 0.3 is 0 Å². The Balaban J connectivity index is 1.42. The Bertz CT molecular complexity index is 1360. The van der Waals surface area contributed by atoms with Crippen LogP contribution in [0.4, 0.5) is 8.78 Å². The van der Waals surface area contributed by atoms with Crippen molar-refractivity contribution in [3.8, 4) is 0 Å². The number of nitrogens with one attached hydrogen (secondary N) is 1. The van der Waals surface area contributed by atoms with Gasteiger partial charge in [-0.3, -0.25) is 9.59 Å². The smallest absolute Gasteiger partial charge is 0.255 e. The van der Waals surface area contributed by atoms with Crippen LogP contribution in [-0.4, -0.2) is 37.2 Å². The van der Waals surface area contributed by atoms with E-state index in [1.165, 1.54) is 29.2 Å². The highest BCUT2D eigenvalue weighted by Crippen LogP contribution is 2.44. The monoisotopic (exact) mass is 521 g/mol. The summed E-state index contributed by atoms with van der Waals surface area (Å²) in [7, 11) is -4.02. The topological polar surface area (TPSA) is 110 Å². The standard InChI is InChI=1S/C24H22ClF2N3O4S/c25-17-11-18(26)16(10-19(17)27)22(12-4-5-12)29-23(31)21-9-13-6-7-20(13)30(21)24(32)14-2-1-3-15(8-14)35(28,33)34/h1-3,6-8,10-13,20-22H,4-5,9H2,(H,29,31)(H2,28,33,34)/t13-,20-,21-,22-/m1/s1. The van der Waals surface area contributed by atoms with E-state index in [-0.39, 0.29) is 38.9 Å². The highest BCUT2D eigenvalue weighted by Gasteiger charge is 2.49. The second-order valence-electron chi connectivity index (χ2n) is 9.19. The summed E-state index contributed by atoms with van der Waals surface area (Å²) in [5.41, 5.74) is 0.0976. The largest absolute Gasteiger partial charge is 0.347 e. The van der Waals surface area contributed by atoms with Gasteiger partial charge in [0.1, 0.15) is 17.7 Å². The number of likely N-dealkylation sites (tertiary alicyclic amines) is 1. The number of carbonyl (C=O) groups is 2. The molecular formula is C24H22ClF2N3O4S. The maximum absolute atomic E-state index is 14.7. The summed E-state index contributed by atoms with van der Waals surface area (Å²) in [6.07, 6.45) is 5.57. The number of hydrogen-bond acceptors (Lipinski definition) is 4. The molecule has 1 saturated carbocycles. The number of rotatable bonds is 6. The maximum Gasteiger partial charge on any atom is 0.255 e. The Morgan fingerprint density at radius 2 is 1.86 bits per heavy atom.